The lowest BCUT2D eigenvalue weighted by molar-refractivity contribution is -0.154. The summed E-state index contributed by atoms with van der Waals surface area (Å²) in [6.07, 6.45) is 9.31. The number of phosphoric ester groups is 1. The van der Waals surface area contributed by atoms with Gasteiger partial charge in [-0.3, -0.25) is 0 Å². The fourth-order valence-electron chi connectivity index (χ4n) is 2.85. The van der Waals surface area contributed by atoms with Gasteiger partial charge in [-0.05, 0) is 36.6 Å². The van der Waals surface area contributed by atoms with E-state index in [-0.39, 0.29) is 0 Å². The highest BCUT2D eigenvalue weighted by Gasteiger charge is 2.32. The van der Waals surface area contributed by atoms with Gasteiger partial charge in [-0.25, -0.2) is 9.82 Å². The fraction of sp³-hybridized carbons (Fsp3) is 0.429. The van der Waals surface area contributed by atoms with Crippen molar-refractivity contribution in [1.82, 2.24) is 0 Å². The van der Waals surface area contributed by atoms with Gasteiger partial charge in [-0.15, -0.1) is 4.67 Å². The first kappa shape index (κ1) is 21.5. The molecule has 0 bridgehead atoms. The van der Waals surface area contributed by atoms with Gasteiger partial charge in [0.1, 0.15) is 11.5 Å². The first-order valence-electron chi connectivity index (χ1n) is 9.62. The third kappa shape index (κ3) is 7.76. The second-order valence-electron chi connectivity index (χ2n) is 6.50. The van der Waals surface area contributed by atoms with E-state index in [1.807, 2.05) is 12.1 Å². The Labute approximate surface area is 161 Å². The monoisotopic (exact) mass is 392 g/mol. The van der Waals surface area contributed by atoms with Crippen LogP contribution < -0.4 is 9.05 Å². The summed E-state index contributed by atoms with van der Waals surface area (Å²) in [5.41, 5.74) is 0.917. The van der Waals surface area contributed by atoms with E-state index in [0.29, 0.717) is 11.5 Å². The van der Waals surface area contributed by atoms with Crippen molar-refractivity contribution in [3.8, 4) is 11.5 Å². The predicted molar refractivity (Wildman–Crippen MR) is 107 cm³/mol. The zero-order valence-electron chi connectivity index (χ0n) is 15.9. The number of phosphoric acid groups is 1. The van der Waals surface area contributed by atoms with Gasteiger partial charge in [0.2, 0.25) is 0 Å². The summed E-state index contributed by atoms with van der Waals surface area (Å²) in [6.45, 7) is 2.22. The SMILES string of the molecule is CCCCCCCCCc1ccccc1OP(=O)(OO)Oc1ccccc1. The van der Waals surface area contributed by atoms with Crippen LogP contribution >= 0.6 is 7.82 Å². The van der Waals surface area contributed by atoms with Gasteiger partial charge in [0, 0.05) is 0 Å². The zero-order valence-corrected chi connectivity index (χ0v) is 16.8. The van der Waals surface area contributed by atoms with Crippen LogP contribution in [-0.4, -0.2) is 5.26 Å². The molecule has 1 N–H and O–H groups in total. The summed E-state index contributed by atoms with van der Waals surface area (Å²) in [7, 11) is -4.17. The van der Waals surface area contributed by atoms with Crippen molar-refractivity contribution in [2.75, 3.05) is 0 Å². The highest BCUT2D eigenvalue weighted by molar-refractivity contribution is 7.49. The van der Waals surface area contributed by atoms with Crippen LogP contribution in [0.5, 0.6) is 11.5 Å². The minimum atomic E-state index is -4.17. The van der Waals surface area contributed by atoms with Crippen LogP contribution in [0.4, 0.5) is 0 Å². The molecule has 0 fully saturated rings. The second-order valence-corrected chi connectivity index (χ2v) is 7.93. The molecule has 0 radical (unpaired) electrons. The summed E-state index contributed by atoms with van der Waals surface area (Å²) in [5, 5.41) is 9.10. The normalized spacial score (nSPS) is 13.1. The molecule has 0 aliphatic carbocycles. The Kier molecular flexibility index (Phi) is 9.40. The lowest BCUT2D eigenvalue weighted by Crippen LogP contribution is -2.04. The molecule has 0 amide bonds. The van der Waals surface area contributed by atoms with Crippen molar-refractivity contribution in [2.24, 2.45) is 0 Å². The van der Waals surface area contributed by atoms with Crippen molar-refractivity contribution in [1.29, 1.82) is 0 Å². The molecule has 0 heterocycles. The molecule has 2 aromatic rings. The molecule has 2 aromatic carbocycles. The van der Waals surface area contributed by atoms with Crippen LogP contribution in [0.1, 0.15) is 57.4 Å². The van der Waals surface area contributed by atoms with Crippen molar-refractivity contribution in [3.05, 3.63) is 60.2 Å². The van der Waals surface area contributed by atoms with E-state index in [0.717, 1.165) is 24.8 Å². The zero-order chi connectivity index (χ0) is 19.4. The molecule has 0 spiro atoms. The van der Waals surface area contributed by atoms with Gasteiger partial charge in [0.25, 0.3) is 0 Å². The molecule has 0 saturated carbocycles. The number of hydrogen-bond acceptors (Lipinski definition) is 5. The lowest BCUT2D eigenvalue weighted by atomic mass is 10.0. The van der Waals surface area contributed by atoms with Gasteiger partial charge < -0.3 is 9.05 Å². The molecule has 1 unspecified atom stereocenters. The average Bonchev–Trinajstić information content (AvgIpc) is 2.69. The maximum absolute atomic E-state index is 12.6. The van der Waals surface area contributed by atoms with E-state index < -0.39 is 7.82 Å². The van der Waals surface area contributed by atoms with Crippen molar-refractivity contribution < 1.29 is 23.5 Å². The summed E-state index contributed by atoms with van der Waals surface area (Å²) in [6, 6.07) is 15.8. The molecule has 5 nitrogen and oxygen atoms in total. The molecule has 2 rings (SSSR count). The van der Waals surface area contributed by atoms with E-state index in [4.69, 9.17) is 14.3 Å². The molecule has 6 heteroatoms. The van der Waals surface area contributed by atoms with Gasteiger partial charge in [-0.2, -0.15) is 0 Å². The first-order chi connectivity index (χ1) is 13.2. The highest BCUT2D eigenvalue weighted by Crippen LogP contribution is 2.49. The van der Waals surface area contributed by atoms with Crippen LogP contribution in [0, 0.1) is 0 Å². The molecular weight excluding hydrogens is 363 g/mol. The topological polar surface area (TPSA) is 65.0 Å². The number of unbranched alkanes of at least 4 members (excludes halogenated alkanes) is 6. The van der Waals surface area contributed by atoms with Crippen LogP contribution in [0.2, 0.25) is 0 Å². The van der Waals surface area contributed by atoms with Crippen molar-refractivity contribution >= 4 is 7.82 Å². The van der Waals surface area contributed by atoms with E-state index in [1.165, 1.54) is 32.1 Å². The second kappa shape index (κ2) is 11.8. The lowest BCUT2D eigenvalue weighted by Gasteiger charge is -2.17. The Bertz CT molecular complexity index is 705. The fourth-order valence-corrected chi connectivity index (χ4v) is 3.76. The van der Waals surface area contributed by atoms with Crippen LogP contribution in [0.3, 0.4) is 0 Å². The molecular formula is C21H29O5P. The number of hydrogen-bond donors (Lipinski definition) is 1. The van der Waals surface area contributed by atoms with Gasteiger partial charge in [0.15, 0.2) is 0 Å². The highest BCUT2D eigenvalue weighted by atomic mass is 31.2. The standard InChI is InChI=1S/C21H29O5P/c1-2-3-4-5-6-7-9-14-19-15-12-13-18-21(19)25-27(23,26-22)24-20-16-10-8-11-17-20/h8,10-13,15-18,22H,2-7,9,14H2,1H3. The van der Waals surface area contributed by atoms with Crippen LogP contribution in [0.25, 0.3) is 0 Å². The number of rotatable bonds is 13. The minimum Gasteiger partial charge on any atom is -0.394 e. The predicted octanol–water partition coefficient (Wildman–Crippen LogP) is 7.04. The van der Waals surface area contributed by atoms with Crippen LogP contribution in [0.15, 0.2) is 54.6 Å². The van der Waals surface area contributed by atoms with Gasteiger partial charge in [-0.1, -0.05) is 81.8 Å². The quantitative estimate of drug-likeness (QED) is 0.171. The summed E-state index contributed by atoms with van der Waals surface area (Å²) >= 11 is 0. The Morgan fingerprint density at radius 1 is 0.815 bits per heavy atom. The van der Waals surface area contributed by atoms with Crippen molar-refractivity contribution in [3.63, 3.8) is 0 Å². The Morgan fingerprint density at radius 3 is 2.15 bits per heavy atom. The maximum Gasteiger partial charge on any atom is 0.615 e. The summed E-state index contributed by atoms with van der Waals surface area (Å²) < 4.78 is 27.4. The van der Waals surface area contributed by atoms with Gasteiger partial charge in [0.05, 0.1) is 0 Å². The number of para-hydroxylation sites is 2. The molecule has 0 aliphatic rings. The number of aryl methyl sites for hydroxylation is 1. The van der Waals surface area contributed by atoms with E-state index in [2.05, 4.69) is 11.6 Å². The molecule has 0 aliphatic heterocycles. The first-order valence-corrected chi connectivity index (χ1v) is 11.1. The Balaban J connectivity index is 1.92. The van der Waals surface area contributed by atoms with E-state index >= 15 is 0 Å². The third-order valence-electron chi connectivity index (χ3n) is 4.29. The molecule has 0 aromatic heterocycles. The molecule has 0 saturated heterocycles. The van der Waals surface area contributed by atoms with E-state index in [9.17, 15) is 4.57 Å². The molecule has 27 heavy (non-hydrogen) atoms. The Hall–Kier alpha value is -1.81. The largest absolute Gasteiger partial charge is 0.615 e. The third-order valence-corrected chi connectivity index (χ3v) is 5.35. The maximum atomic E-state index is 12.6. The van der Waals surface area contributed by atoms with Crippen LogP contribution in [-0.2, 0) is 15.7 Å². The number of benzene rings is 2. The van der Waals surface area contributed by atoms with E-state index in [1.54, 1.807) is 42.5 Å². The molecule has 148 valence electrons. The smallest absolute Gasteiger partial charge is 0.394 e. The average molecular weight is 392 g/mol. The Morgan fingerprint density at radius 2 is 1.44 bits per heavy atom. The summed E-state index contributed by atoms with van der Waals surface area (Å²) in [5.74, 6) is 0.691. The molecule has 1 atom stereocenters. The minimum absolute atomic E-state index is 0.291. The summed E-state index contributed by atoms with van der Waals surface area (Å²) in [4.78, 5) is 0. The van der Waals surface area contributed by atoms with Crippen molar-refractivity contribution in [2.45, 2.75) is 58.3 Å². The van der Waals surface area contributed by atoms with Gasteiger partial charge >= 0.3 is 7.82 Å².